The molecule has 0 fully saturated rings. The Morgan fingerprint density at radius 2 is 2.27 bits per heavy atom. The van der Waals surface area contributed by atoms with Gasteiger partial charge >= 0.3 is 0 Å². The molecule has 1 N–H and O–H groups in total. The van der Waals surface area contributed by atoms with Crippen molar-refractivity contribution >= 4 is 16.6 Å². The molecule has 15 heavy (non-hydrogen) atoms. The Kier molecular flexibility index (Phi) is 2.22. The fraction of sp³-hybridized carbons (Fsp3) is 0.0909. The van der Waals surface area contributed by atoms with Crippen LogP contribution in [0.25, 0.3) is 10.9 Å². The van der Waals surface area contributed by atoms with E-state index in [4.69, 9.17) is 5.26 Å². The van der Waals surface area contributed by atoms with Crippen molar-refractivity contribution in [2.24, 2.45) is 0 Å². The van der Waals surface area contributed by atoms with Gasteiger partial charge in [-0.2, -0.15) is 5.26 Å². The van der Waals surface area contributed by atoms with Crippen LogP contribution in [0.1, 0.15) is 5.56 Å². The number of hydrogen-bond donors (Lipinski definition) is 1. The molecule has 0 unspecified atom stereocenters. The van der Waals surface area contributed by atoms with E-state index in [1.807, 2.05) is 6.07 Å². The van der Waals surface area contributed by atoms with Gasteiger partial charge in [0, 0.05) is 24.7 Å². The van der Waals surface area contributed by atoms with Gasteiger partial charge in [-0.05, 0) is 12.1 Å². The van der Waals surface area contributed by atoms with Crippen LogP contribution in [0.5, 0.6) is 0 Å². The monoisotopic (exact) mass is 201 g/mol. The minimum absolute atomic E-state index is 0.332. The summed E-state index contributed by atoms with van der Waals surface area (Å²) in [7, 11) is 1.72. The number of halogens is 1. The smallest absolute Gasteiger partial charge is 0.125 e. The van der Waals surface area contributed by atoms with Crippen molar-refractivity contribution in [2.75, 3.05) is 12.4 Å². The van der Waals surface area contributed by atoms with E-state index in [2.05, 4.69) is 10.3 Å². The molecule has 1 aromatic carbocycles. The molecule has 2 rings (SSSR count). The summed E-state index contributed by atoms with van der Waals surface area (Å²) in [6.07, 6.45) is 1.44. The molecule has 4 heteroatoms. The molecule has 2 aromatic rings. The first-order valence-electron chi connectivity index (χ1n) is 4.42. The van der Waals surface area contributed by atoms with Gasteiger partial charge in [0.1, 0.15) is 11.9 Å². The number of nitriles is 1. The summed E-state index contributed by atoms with van der Waals surface area (Å²) in [6, 6.07) is 6.35. The average Bonchev–Trinajstić information content (AvgIpc) is 2.27. The maximum absolute atomic E-state index is 12.9. The van der Waals surface area contributed by atoms with Crippen molar-refractivity contribution in [1.29, 1.82) is 5.26 Å². The lowest BCUT2D eigenvalue weighted by molar-refractivity contribution is 0.629. The highest BCUT2D eigenvalue weighted by Crippen LogP contribution is 2.25. The number of aromatic nitrogens is 1. The normalized spacial score (nSPS) is 9.93. The number of benzene rings is 1. The molecule has 3 nitrogen and oxygen atoms in total. The van der Waals surface area contributed by atoms with Gasteiger partial charge in [-0.25, -0.2) is 4.39 Å². The first-order chi connectivity index (χ1) is 7.26. The second kappa shape index (κ2) is 3.54. The Morgan fingerprint density at radius 3 is 2.93 bits per heavy atom. The van der Waals surface area contributed by atoms with Crippen LogP contribution < -0.4 is 5.32 Å². The number of nitrogens with zero attached hydrogens (tertiary/aromatic N) is 2. The fourth-order valence-electron chi connectivity index (χ4n) is 1.52. The third kappa shape index (κ3) is 1.48. The molecule has 0 spiro atoms. The highest BCUT2D eigenvalue weighted by Gasteiger charge is 2.07. The van der Waals surface area contributed by atoms with Gasteiger partial charge in [-0.3, -0.25) is 4.98 Å². The predicted molar refractivity (Wildman–Crippen MR) is 56.0 cm³/mol. The molecule has 0 atom stereocenters. The predicted octanol–water partition coefficient (Wildman–Crippen LogP) is 2.29. The van der Waals surface area contributed by atoms with E-state index in [0.717, 1.165) is 5.39 Å². The van der Waals surface area contributed by atoms with E-state index in [1.165, 1.54) is 18.3 Å². The van der Waals surface area contributed by atoms with Crippen LogP contribution in [0.15, 0.2) is 24.4 Å². The molecule has 0 aliphatic heterocycles. The lowest BCUT2D eigenvalue weighted by Gasteiger charge is -2.06. The van der Waals surface area contributed by atoms with Crippen LogP contribution >= 0.6 is 0 Å². The summed E-state index contributed by atoms with van der Waals surface area (Å²) < 4.78 is 12.9. The topological polar surface area (TPSA) is 48.7 Å². The van der Waals surface area contributed by atoms with Crippen molar-refractivity contribution in [3.8, 4) is 6.07 Å². The quantitative estimate of drug-likeness (QED) is 0.770. The zero-order chi connectivity index (χ0) is 10.8. The second-order valence-electron chi connectivity index (χ2n) is 3.07. The lowest BCUT2D eigenvalue weighted by Crippen LogP contribution is -1.95. The van der Waals surface area contributed by atoms with Gasteiger partial charge < -0.3 is 5.32 Å². The molecule has 0 amide bonds. The maximum Gasteiger partial charge on any atom is 0.125 e. The molecule has 0 saturated carbocycles. The summed E-state index contributed by atoms with van der Waals surface area (Å²) in [5, 5.41) is 12.5. The van der Waals surface area contributed by atoms with Crippen molar-refractivity contribution < 1.29 is 4.39 Å². The van der Waals surface area contributed by atoms with Gasteiger partial charge in [0.2, 0.25) is 0 Å². The summed E-state index contributed by atoms with van der Waals surface area (Å²) >= 11 is 0. The van der Waals surface area contributed by atoms with Crippen LogP contribution in [0.3, 0.4) is 0 Å². The molecule has 0 saturated heterocycles. The van der Waals surface area contributed by atoms with Crippen molar-refractivity contribution in [3.05, 3.63) is 35.8 Å². The van der Waals surface area contributed by atoms with E-state index in [-0.39, 0.29) is 5.82 Å². The van der Waals surface area contributed by atoms with E-state index in [9.17, 15) is 4.39 Å². The molecule has 0 bridgehead atoms. The van der Waals surface area contributed by atoms with Crippen LogP contribution in [0.4, 0.5) is 10.1 Å². The van der Waals surface area contributed by atoms with E-state index in [1.54, 1.807) is 13.1 Å². The fourth-order valence-corrected chi connectivity index (χ4v) is 1.52. The van der Waals surface area contributed by atoms with Crippen LogP contribution in [0, 0.1) is 17.1 Å². The second-order valence-corrected chi connectivity index (χ2v) is 3.07. The summed E-state index contributed by atoms with van der Waals surface area (Å²) in [5.41, 5.74) is 1.68. The number of anilines is 1. The van der Waals surface area contributed by atoms with Crippen molar-refractivity contribution in [2.45, 2.75) is 0 Å². The first kappa shape index (κ1) is 9.41. The van der Waals surface area contributed by atoms with Gasteiger partial charge in [0.15, 0.2) is 0 Å². The summed E-state index contributed by atoms with van der Waals surface area (Å²) in [4.78, 5) is 4.02. The lowest BCUT2D eigenvalue weighted by atomic mass is 10.1. The third-order valence-corrected chi connectivity index (χ3v) is 2.20. The Bertz CT molecular complexity index is 557. The highest BCUT2D eigenvalue weighted by atomic mass is 19.1. The molecular weight excluding hydrogens is 193 g/mol. The molecule has 1 heterocycles. The van der Waals surface area contributed by atoms with E-state index < -0.39 is 0 Å². The van der Waals surface area contributed by atoms with Crippen molar-refractivity contribution in [1.82, 2.24) is 4.98 Å². The molecule has 74 valence electrons. The van der Waals surface area contributed by atoms with Crippen LogP contribution in [0.2, 0.25) is 0 Å². The maximum atomic E-state index is 12.9. The van der Waals surface area contributed by atoms with Gasteiger partial charge in [0.05, 0.1) is 16.8 Å². The third-order valence-electron chi connectivity index (χ3n) is 2.20. The summed E-state index contributed by atoms with van der Waals surface area (Å²) in [6.45, 7) is 0. The number of fused-ring (bicyclic) bond motifs is 1. The molecular formula is C11H8FN3. The molecule has 0 aliphatic carbocycles. The Hall–Kier alpha value is -2.15. The molecule has 0 aliphatic rings. The van der Waals surface area contributed by atoms with Gasteiger partial charge in [-0.1, -0.05) is 0 Å². The van der Waals surface area contributed by atoms with Crippen LogP contribution in [-0.4, -0.2) is 12.0 Å². The highest BCUT2D eigenvalue weighted by molar-refractivity contribution is 5.93. The van der Waals surface area contributed by atoms with Gasteiger partial charge in [-0.15, -0.1) is 0 Å². The Balaban J connectivity index is 2.83. The standard InChI is InChI=1S/C11H8FN3/c1-14-11-7(5-13)6-15-10-4-8(12)2-3-9(10)11/h2-4,6H,1H3,(H,14,15). The summed E-state index contributed by atoms with van der Waals surface area (Å²) in [5.74, 6) is -0.332. The largest absolute Gasteiger partial charge is 0.386 e. The first-order valence-corrected chi connectivity index (χ1v) is 4.42. The number of nitrogens with one attached hydrogen (secondary N) is 1. The Labute approximate surface area is 86.2 Å². The SMILES string of the molecule is CNc1c(C#N)cnc2cc(F)ccc12. The Morgan fingerprint density at radius 1 is 1.47 bits per heavy atom. The van der Waals surface area contributed by atoms with E-state index in [0.29, 0.717) is 16.8 Å². The number of hydrogen-bond acceptors (Lipinski definition) is 3. The van der Waals surface area contributed by atoms with Crippen LogP contribution in [-0.2, 0) is 0 Å². The molecule has 0 radical (unpaired) electrons. The zero-order valence-corrected chi connectivity index (χ0v) is 8.08. The minimum atomic E-state index is -0.332. The number of pyridine rings is 1. The van der Waals surface area contributed by atoms with E-state index >= 15 is 0 Å². The minimum Gasteiger partial charge on any atom is -0.386 e. The molecule has 1 aromatic heterocycles. The zero-order valence-electron chi connectivity index (χ0n) is 8.08. The number of rotatable bonds is 1. The van der Waals surface area contributed by atoms with Crippen molar-refractivity contribution in [3.63, 3.8) is 0 Å². The van der Waals surface area contributed by atoms with Gasteiger partial charge in [0.25, 0.3) is 0 Å². The average molecular weight is 201 g/mol.